The molecule has 1 aliphatic rings. The van der Waals surface area contributed by atoms with Gasteiger partial charge in [-0.3, -0.25) is 19.1 Å². The molecule has 0 radical (unpaired) electrons. The Kier molecular flexibility index (Phi) is 6.48. The summed E-state index contributed by atoms with van der Waals surface area (Å²) in [5.41, 5.74) is 5.95. The van der Waals surface area contributed by atoms with Gasteiger partial charge in [-0.05, 0) is 63.9 Å². The van der Waals surface area contributed by atoms with Crippen molar-refractivity contribution in [3.8, 4) is 21.9 Å². The molecule has 0 amide bonds. The van der Waals surface area contributed by atoms with Crippen LogP contribution in [0.25, 0.3) is 16.1 Å². The summed E-state index contributed by atoms with van der Waals surface area (Å²) in [5.74, 6) is 0.114. The van der Waals surface area contributed by atoms with Crippen molar-refractivity contribution in [2.75, 3.05) is 7.11 Å². The average molecular weight is 529 g/mol. The number of methoxy groups -OCH3 is 1. The number of rotatable bonds is 6. The molecule has 8 nitrogen and oxygen atoms in total. The average Bonchev–Trinajstić information content (AvgIpc) is 3.37. The maximum atomic E-state index is 12.1. The number of hydrogen-bond acceptors (Lipinski definition) is 7. The van der Waals surface area contributed by atoms with E-state index >= 15 is 0 Å². The van der Waals surface area contributed by atoms with Crippen molar-refractivity contribution in [3.05, 3.63) is 81.2 Å². The van der Waals surface area contributed by atoms with E-state index in [9.17, 15) is 14.7 Å². The highest BCUT2D eigenvalue weighted by Crippen LogP contribution is 2.41. The van der Waals surface area contributed by atoms with Gasteiger partial charge in [-0.15, -0.1) is 21.5 Å². The largest absolute Gasteiger partial charge is 0.496 e. The van der Waals surface area contributed by atoms with Gasteiger partial charge in [-0.2, -0.15) is 0 Å². The van der Waals surface area contributed by atoms with Crippen LogP contribution >= 0.6 is 11.3 Å². The number of Topliss-reactive ketones (excluding diaryl/α,β-unsaturated/α-hetero) is 1. The molecule has 0 aliphatic carbocycles. The van der Waals surface area contributed by atoms with E-state index in [1.807, 2.05) is 41.8 Å². The number of ketones is 1. The van der Waals surface area contributed by atoms with Crippen LogP contribution in [0.4, 0.5) is 0 Å². The number of carboxylic acids is 1. The molecule has 3 heterocycles. The third kappa shape index (κ3) is 4.12. The normalized spacial score (nSPS) is 15.2. The van der Waals surface area contributed by atoms with Gasteiger partial charge in [0.05, 0.1) is 18.7 Å². The molecule has 0 saturated heterocycles. The summed E-state index contributed by atoms with van der Waals surface area (Å²) in [7, 11) is 1.61. The number of thiophene rings is 1. The van der Waals surface area contributed by atoms with Crippen LogP contribution in [0.2, 0.25) is 0 Å². The molecule has 194 valence electrons. The molecule has 1 unspecified atom stereocenters. The summed E-state index contributed by atoms with van der Waals surface area (Å²) in [6, 6.07) is 12.6. The molecule has 5 rings (SSSR count). The predicted molar refractivity (Wildman–Crippen MR) is 147 cm³/mol. The molecule has 0 fully saturated rings. The second kappa shape index (κ2) is 9.64. The Hall–Kier alpha value is -4.11. The van der Waals surface area contributed by atoms with E-state index in [1.165, 1.54) is 6.92 Å². The monoisotopic (exact) mass is 528 g/mol. The third-order valence-corrected chi connectivity index (χ3v) is 8.32. The lowest BCUT2D eigenvalue weighted by Gasteiger charge is -2.16. The molecular formula is C29H28N4O4S. The molecule has 4 aromatic rings. The molecule has 1 aliphatic heterocycles. The Balaban J connectivity index is 1.69. The number of aliphatic imine (C=N–C) groups is 1. The van der Waals surface area contributed by atoms with Gasteiger partial charge in [-0.25, -0.2) is 0 Å². The van der Waals surface area contributed by atoms with Crippen molar-refractivity contribution in [3.63, 3.8) is 0 Å². The van der Waals surface area contributed by atoms with Gasteiger partial charge in [0.2, 0.25) is 0 Å². The van der Waals surface area contributed by atoms with E-state index in [4.69, 9.17) is 9.73 Å². The van der Waals surface area contributed by atoms with Crippen LogP contribution in [-0.2, 0) is 4.79 Å². The summed E-state index contributed by atoms with van der Waals surface area (Å²) in [6.45, 7) is 9.19. The van der Waals surface area contributed by atoms with Crippen LogP contribution in [0, 0.1) is 26.7 Å². The lowest BCUT2D eigenvalue weighted by atomic mass is 9.95. The zero-order valence-electron chi connectivity index (χ0n) is 22.1. The molecule has 2 atom stereocenters. The van der Waals surface area contributed by atoms with Crippen LogP contribution in [0.15, 0.2) is 47.5 Å². The molecule has 2 aromatic carbocycles. The van der Waals surface area contributed by atoms with Crippen LogP contribution in [0.5, 0.6) is 5.75 Å². The van der Waals surface area contributed by atoms with Crippen LogP contribution < -0.4 is 4.74 Å². The SMILES string of the molecule is COc1ccc(C(C)=O)cc1-c1ccc(C2=N[C@@H](C(C)C(=O)O)c3nnc(C)n3-c3sc(C)c(C)c32)cc1. The number of aryl methyl sites for hydroxylation is 2. The van der Waals surface area contributed by atoms with Crippen molar-refractivity contribution >= 4 is 28.8 Å². The Morgan fingerprint density at radius 2 is 1.74 bits per heavy atom. The van der Waals surface area contributed by atoms with Crippen molar-refractivity contribution < 1.29 is 19.4 Å². The molecule has 38 heavy (non-hydrogen) atoms. The maximum absolute atomic E-state index is 12.1. The highest BCUT2D eigenvalue weighted by molar-refractivity contribution is 7.15. The van der Waals surface area contributed by atoms with E-state index < -0.39 is 17.9 Å². The molecule has 9 heteroatoms. The maximum Gasteiger partial charge on any atom is 0.308 e. The van der Waals surface area contributed by atoms with Gasteiger partial charge in [0.1, 0.15) is 22.6 Å². The molecule has 2 aromatic heterocycles. The molecule has 0 bridgehead atoms. The van der Waals surface area contributed by atoms with E-state index in [0.29, 0.717) is 23.0 Å². The van der Waals surface area contributed by atoms with Crippen LogP contribution in [-0.4, -0.2) is 44.4 Å². The molecule has 1 N–H and O–H groups in total. The van der Waals surface area contributed by atoms with Crippen molar-refractivity contribution in [1.82, 2.24) is 14.8 Å². The van der Waals surface area contributed by atoms with Gasteiger partial charge in [0, 0.05) is 27.1 Å². The minimum absolute atomic E-state index is 0.0185. The Morgan fingerprint density at radius 1 is 1.05 bits per heavy atom. The summed E-state index contributed by atoms with van der Waals surface area (Å²) in [6.07, 6.45) is 0. The quantitative estimate of drug-likeness (QED) is 0.320. The summed E-state index contributed by atoms with van der Waals surface area (Å²) in [5, 5.41) is 19.5. The fourth-order valence-corrected chi connectivity index (χ4v) is 5.99. The Labute approximate surface area is 224 Å². The number of hydrogen-bond donors (Lipinski definition) is 1. The number of benzene rings is 2. The van der Waals surface area contributed by atoms with E-state index in [-0.39, 0.29) is 5.78 Å². The van der Waals surface area contributed by atoms with E-state index in [2.05, 4.69) is 24.0 Å². The zero-order valence-corrected chi connectivity index (χ0v) is 22.9. The van der Waals surface area contributed by atoms with Crippen molar-refractivity contribution in [2.24, 2.45) is 10.9 Å². The highest BCUT2D eigenvalue weighted by atomic mass is 32.1. The summed E-state index contributed by atoms with van der Waals surface area (Å²) >= 11 is 1.63. The van der Waals surface area contributed by atoms with Gasteiger partial charge in [0.25, 0.3) is 0 Å². The number of fused-ring (bicyclic) bond motifs is 3. The summed E-state index contributed by atoms with van der Waals surface area (Å²) < 4.78 is 7.51. The first-order chi connectivity index (χ1) is 18.1. The number of carbonyl (C=O) groups is 2. The van der Waals surface area contributed by atoms with E-state index in [0.717, 1.165) is 43.4 Å². The smallest absolute Gasteiger partial charge is 0.308 e. The molecular weight excluding hydrogens is 500 g/mol. The van der Waals surface area contributed by atoms with Gasteiger partial charge in [0.15, 0.2) is 11.6 Å². The highest BCUT2D eigenvalue weighted by Gasteiger charge is 2.36. The Morgan fingerprint density at radius 3 is 2.37 bits per heavy atom. The van der Waals surface area contributed by atoms with E-state index in [1.54, 1.807) is 37.5 Å². The number of ether oxygens (including phenoxy) is 1. The fourth-order valence-electron chi connectivity index (χ4n) is 4.78. The van der Waals surface area contributed by atoms with Gasteiger partial charge >= 0.3 is 5.97 Å². The van der Waals surface area contributed by atoms with Crippen molar-refractivity contribution in [1.29, 1.82) is 0 Å². The molecule has 0 saturated carbocycles. The van der Waals surface area contributed by atoms with Crippen LogP contribution in [0.3, 0.4) is 0 Å². The second-order valence-corrected chi connectivity index (χ2v) is 10.7. The topological polar surface area (TPSA) is 107 Å². The van der Waals surface area contributed by atoms with Crippen LogP contribution in [0.1, 0.15) is 63.5 Å². The lowest BCUT2D eigenvalue weighted by Crippen LogP contribution is -2.21. The van der Waals surface area contributed by atoms with Crippen molar-refractivity contribution in [2.45, 2.75) is 40.7 Å². The zero-order chi connectivity index (χ0) is 27.3. The number of nitrogens with zero attached hydrogens (tertiary/aromatic N) is 4. The minimum Gasteiger partial charge on any atom is -0.496 e. The van der Waals surface area contributed by atoms with Gasteiger partial charge < -0.3 is 9.84 Å². The number of aromatic nitrogens is 3. The first kappa shape index (κ1) is 25.5. The third-order valence-electron chi connectivity index (χ3n) is 7.13. The number of carbonyl (C=O) groups excluding carboxylic acids is 1. The number of carboxylic acid groups (broad SMARTS) is 1. The predicted octanol–water partition coefficient (Wildman–Crippen LogP) is 5.75. The molecule has 0 spiro atoms. The summed E-state index contributed by atoms with van der Waals surface area (Å²) in [4.78, 5) is 30.3. The first-order valence-electron chi connectivity index (χ1n) is 12.2. The first-order valence-corrected chi connectivity index (χ1v) is 13.1. The van der Waals surface area contributed by atoms with Gasteiger partial charge in [-0.1, -0.05) is 24.3 Å². The fraction of sp³-hybridized carbons (Fsp3) is 0.276. The standard InChI is InChI=1S/C29H28N4O4S/c1-14-17(4)38-28-24(14)26(30-25(15(2)29(35)36)27-32-31-18(5)33(27)28)20-9-7-19(8-10-20)22-13-21(16(3)34)11-12-23(22)37-6/h7-13,15,25H,1-6H3,(H,35,36)/t15?,25-/m0/s1. The Bertz CT molecular complexity index is 1610. The number of aliphatic carboxylic acids is 1. The lowest BCUT2D eigenvalue weighted by molar-refractivity contribution is -0.141. The second-order valence-electron chi connectivity index (χ2n) is 9.50. The minimum atomic E-state index is -0.948.